The fourth-order valence-corrected chi connectivity index (χ4v) is 4.06. The molecule has 3 rings (SSSR count). The highest BCUT2D eigenvalue weighted by molar-refractivity contribution is 9.10. The first-order valence-electron chi connectivity index (χ1n) is 8.08. The molecule has 0 spiro atoms. The highest BCUT2D eigenvalue weighted by atomic mass is 79.9. The first kappa shape index (κ1) is 19.4. The van der Waals surface area contributed by atoms with Crippen LogP contribution in [0.1, 0.15) is 11.1 Å². The van der Waals surface area contributed by atoms with E-state index in [1.165, 1.54) is 18.9 Å². The number of ether oxygens (including phenoxy) is 2. The molecular formula is C19H19BrN2O4S. The summed E-state index contributed by atoms with van der Waals surface area (Å²) < 4.78 is 11.3. The van der Waals surface area contributed by atoms with Crippen molar-refractivity contribution in [3.05, 3.63) is 50.8 Å². The number of rotatable bonds is 5. The summed E-state index contributed by atoms with van der Waals surface area (Å²) in [6, 6.07) is 9.18. The van der Waals surface area contributed by atoms with E-state index in [-0.39, 0.29) is 17.2 Å². The van der Waals surface area contributed by atoms with Gasteiger partial charge in [-0.25, -0.2) is 0 Å². The van der Waals surface area contributed by atoms with Crippen molar-refractivity contribution in [1.82, 2.24) is 5.32 Å². The van der Waals surface area contributed by atoms with Gasteiger partial charge in [0.1, 0.15) is 5.75 Å². The molecule has 0 radical (unpaired) electrons. The molecule has 0 bridgehead atoms. The molecule has 1 aliphatic rings. The number of phenolic OH excluding ortho intramolecular Hbond substituents is 1. The normalized spacial score (nSPS) is 17.7. The lowest BCUT2D eigenvalue weighted by Gasteiger charge is -2.16. The van der Waals surface area contributed by atoms with Crippen LogP contribution in [0, 0.1) is 6.92 Å². The van der Waals surface area contributed by atoms with Crippen LogP contribution in [0.25, 0.3) is 6.08 Å². The fraction of sp³-hybridized carbons (Fsp3) is 0.211. The van der Waals surface area contributed by atoms with Gasteiger partial charge >= 0.3 is 0 Å². The highest BCUT2D eigenvalue weighted by Crippen LogP contribution is 2.38. The molecule has 1 heterocycles. The van der Waals surface area contributed by atoms with Crippen LogP contribution in [-0.2, 0) is 4.79 Å². The van der Waals surface area contributed by atoms with E-state index < -0.39 is 0 Å². The molecular weight excluding hydrogens is 432 g/mol. The first-order chi connectivity index (χ1) is 12.9. The quantitative estimate of drug-likeness (QED) is 0.595. The maximum absolute atomic E-state index is 12.4. The Kier molecular flexibility index (Phi) is 5.86. The first-order valence-corrected chi connectivity index (χ1v) is 9.75. The molecule has 1 aliphatic heterocycles. The lowest BCUT2D eigenvalue weighted by molar-refractivity contribution is -0.116. The minimum atomic E-state index is -0.351. The second-order valence-electron chi connectivity index (χ2n) is 5.87. The van der Waals surface area contributed by atoms with Gasteiger partial charge in [-0.1, -0.05) is 33.8 Å². The summed E-state index contributed by atoms with van der Waals surface area (Å²) in [5.74, 6) is 0.793. The molecule has 8 heteroatoms. The predicted molar refractivity (Wildman–Crippen MR) is 111 cm³/mol. The summed E-state index contributed by atoms with van der Waals surface area (Å²) in [4.78, 5) is 12.8. The van der Waals surface area contributed by atoms with Crippen LogP contribution < -0.4 is 20.1 Å². The Hall–Kier alpha value is -2.32. The van der Waals surface area contributed by atoms with Crippen molar-refractivity contribution in [3.8, 4) is 17.2 Å². The molecule has 6 nitrogen and oxygen atoms in total. The molecule has 2 aromatic carbocycles. The number of hydrogen-bond acceptors (Lipinski definition) is 6. The third-order valence-electron chi connectivity index (χ3n) is 3.95. The van der Waals surface area contributed by atoms with Crippen molar-refractivity contribution in [2.45, 2.75) is 12.4 Å². The summed E-state index contributed by atoms with van der Waals surface area (Å²) in [6.07, 6.45) is 1.64. The van der Waals surface area contributed by atoms with Gasteiger partial charge in [0, 0.05) is 10.0 Å². The third-order valence-corrected chi connectivity index (χ3v) is 5.43. The molecule has 0 aliphatic carbocycles. The Morgan fingerprint density at radius 2 is 1.96 bits per heavy atom. The second kappa shape index (κ2) is 8.14. The Labute approximate surface area is 170 Å². The zero-order valence-corrected chi connectivity index (χ0v) is 17.4. The van der Waals surface area contributed by atoms with Crippen molar-refractivity contribution in [2.75, 3.05) is 19.5 Å². The topological polar surface area (TPSA) is 79.8 Å². The van der Waals surface area contributed by atoms with Gasteiger partial charge in [-0.15, -0.1) is 0 Å². The number of thioether (sulfide) groups is 1. The van der Waals surface area contributed by atoms with Crippen LogP contribution in [-0.4, -0.2) is 30.7 Å². The van der Waals surface area contributed by atoms with Gasteiger partial charge in [-0.2, -0.15) is 0 Å². The molecule has 0 saturated carbocycles. The van der Waals surface area contributed by atoms with E-state index in [1.54, 1.807) is 25.3 Å². The molecule has 3 N–H and O–H groups in total. The minimum absolute atomic E-state index is 0.0154. The van der Waals surface area contributed by atoms with Crippen LogP contribution in [0.15, 0.2) is 39.7 Å². The monoisotopic (exact) mass is 450 g/mol. The summed E-state index contributed by atoms with van der Waals surface area (Å²) in [5.41, 5.74) is 2.02. The van der Waals surface area contributed by atoms with E-state index >= 15 is 0 Å². The summed E-state index contributed by atoms with van der Waals surface area (Å²) in [6.45, 7) is 1.99. The van der Waals surface area contributed by atoms with Gasteiger partial charge in [-0.3, -0.25) is 4.79 Å². The molecule has 2 aromatic rings. The standard InChI is InChI=1S/C19H19BrN2O4S/c1-10-4-5-14(25-2)13(6-10)21-19-22-18(24)16(27-19)8-11-7-12(20)9-15(26-3)17(11)23/h4-9,19,21,23H,1-3H3,(H,22,24)/b16-8-. The zero-order chi connectivity index (χ0) is 19.6. The number of methoxy groups -OCH3 is 2. The minimum Gasteiger partial charge on any atom is -0.504 e. The van der Waals surface area contributed by atoms with E-state index in [0.29, 0.717) is 22.0 Å². The van der Waals surface area contributed by atoms with Crippen molar-refractivity contribution in [3.63, 3.8) is 0 Å². The Bertz CT molecular complexity index is 917. The number of phenols is 1. The molecule has 27 heavy (non-hydrogen) atoms. The third kappa shape index (κ3) is 4.33. The summed E-state index contributed by atoms with van der Waals surface area (Å²) >= 11 is 4.71. The van der Waals surface area contributed by atoms with Crippen LogP contribution in [0.3, 0.4) is 0 Å². The highest BCUT2D eigenvalue weighted by Gasteiger charge is 2.28. The van der Waals surface area contributed by atoms with Gasteiger partial charge in [0.05, 0.1) is 24.8 Å². The van der Waals surface area contributed by atoms with Crippen LogP contribution in [0.2, 0.25) is 0 Å². The number of amides is 1. The molecule has 0 aromatic heterocycles. The number of anilines is 1. The van der Waals surface area contributed by atoms with Crippen molar-refractivity contribution in [1.29, 1.82) is 0 Å². The molecule has 1 amide bonds. The van der Waals surface area contributed by atoms with Crippen molar-refractivity contribution in [2.24, 2.45) is 0 Å². The molecule has 142 valence electrons. The van der Waals surface area contributed by atoms with Crippen molar-refractivity contribution >= 4 is 45.4 Å². The van der Waals surface area contributed by atoms with Gasteiger partial charge in [0.25, 0.3) is 5.91 Å². The van der Waals surface area contributed by atoms with E-state index in [9.17, 15) is 9.90 Å². The van der Waals surface area contributed by atoms with Crippen LogP contribution in [0.5, 0.6) is 17.2 Å². The Morgan fingerprint density at radius 3 is 2.67 bits per heavy atom. The smallest absolute Gasteiger partial charge is 0.260 e. The number of aromatic hydroxyl groups is 1. The average Bonchev–Trinajstić information content (AvgIpc) is 2.97. The SMILES string of the molecule is COc1ccc(C)cc1NC1NC(=O)/C(=C/c2cc(Br)cc(OC)c2O)S1. The van der Waals surface area contributed by atoms with E-state index in [0.717, 1.165) is 15.7 Å². The van der Waals surface area contributed by atoms with E-state index in [4.69, 9.17) is 9.47 Å². The lowest BCUT2D eigenvalue weighted by Crippen LogP contribution is -2.31. The summed E-state index contributed by atoms with van der Waals surface area (Å²) in [5, 5.41) is 16.4. The molecule has 1 fully saturated rings. The number of nitrogens with one attached hydrogen (secondary N) is 2. The maximum Gasteiger partial charge on any atom is 0.260 e. The van der Waals surface area contributed by atoms with Gasteiger partial charge in [0.15, 0.2) is 17.0 Å². The predicted octanol–water partition coefficient (Wildman–Crippen LogP) is 4.08. The van der Waals surface area contributed by atoms with E-state index in [1.807, 2.05) is 25.1 Å². The van der Waals surface area contributed by atoms with Gasteiger partial charge < -0.3 is 25.2 Å². The number of hydrogen-bond donors (Lipinski definition) is 3. The lowest BCUT2D eigenvalue weighted by atomic mass is 10.1. The number of aryl methyl sites for hydroxylation is 1. The summed E-state index contributed by atoms with van der Waals surface area (Å²) in [7, 11) is 3.08. The number of carbonyl (C=O) groups is 1. The second-order valence-corrected chi connectivity index (χ2v) is 7.94. The molecule has 1 unspecified atom stereocenters. The molecule has 1 atom stereocenters. The van der Waals surface area contributed by atoms with Crippen LogP contribution >= 0.6 is 27.7 Å². The van der Waals surface area contributed by atoms with Gasteiger partial charge in [-0.05, 0) is 42.8 Å². The zero-order valence-electron chi connectivity index (χ0n) is 15.0. The average molecular weight is 451 g/mol. The fourth-order valence-electron chi connectivity index (χ4n) is 2.64. The maximum atomic E-state index is 12.4. The Morgan fingerprint density at radius 1 is 1.22 bits per heavy atom. The molecule has 1 saturated heterocycles. The van der Waals surface area contributed by atoms with Gasteiger partial charge in [0.2, 0.25) is 0 Å². The van der Waals surface area contributed by atoms with E-state index in [2.05, 4.69) is 26.6 Å². The number of halogens is 1. The largest absolute Gasteiger partial charge is 0.504 e. The van der Waals surface area contributed by atoms with Crippen LogP contribution in [0.4, 0.5) is 5.69 Å². The number of carbonyl (C=O) groups excluding carboxylic acids is 1. The van der Waals surface area contributed by atoms with Crippen molar-refractivity contribution < 1.29 is 19.4 Å². The Balaban J connectivity index is 1.83. The number of benzene rings is 2.